The van der Waals surface area contributed by atoms with Crippen molar-refractivity contribution < 1.29 is 19.1 Å². The number of fused-ring (bicyclic) bond motifs is 2. The average Bonchev–Trinajstić information content (AvgIpc) is 3.36. The van der Waals surface area contributed by atoms with E-state index in [0.717, 1.165) is 49.2 Å². The fourth-order valence-electron chi connectivity index (χ4n) is 7.06. The van der Waals surface area contributed by atoms with Crippen molar-refractivity contribution in [3.8, 4) is 0 Å². The van der Waals surface area contributed by atoms with E-state index in [1.54, 1.807) is 0 Å². The van der Waals surface area contributed by atoms with Gasteiger partial charge in [-0.1, -0.05) is 69.1 Å². The number of halogens is 2. The van der Waals surface area contributed by atoms with Crippen molar-refractivity contribution in [2.24, 2.45) is 0 Å². The maximum Gasteiger partial charge on any atom is 0.0864 e. The number of hydroxylamine groups is 4. The molecule has 0 atom stereocenters. The van der Waals surface area contributed by atoms with E-state index < -0.39 is 0 Å². The van der Waals surface area contributed by atoms with Crippen LogP contribution in [0, 0.1) is 0 Å². The van der Waals surface area contributed by atoms with Crippen molar-refractivity contribution in [1.82, 2.24) is 10.1 Å². The summed E-state index contributed by atoms with van der Waals surface area (Å²) in [6.45, 7) is 17.1. The molecule has 0 amide bonds. The molecular formula is C36H45Cl2N3O4. The van der Waals surface area contributed by atoms with Gasteiger partial charge in [0, 0.05) is 65.0 Å². The number of hydrogen-bond acceptors (Lipinski definition) is 7. The molecule has 2 aromatic carbocycles. The highest BCUT2D eigenvalue weighted by atomic mass is 35.5. The lowest BCUT2D eigenvalue weighted by Gasteiger charge is -2.29. The summed E-state index contributed by atoms with van der Waals surface area (Å²) in [5.74, 6) is 0. The van der Waals surface area contributed by atoms with Gasteiger partial charge in [-0.2, -0.15) is 10.1 Å². The summed E-state index contributed by atoms with van der Waals surface area (Å²) in [7, 11) is 0. The zero-order valence-corrected chi connectivity index (χ0v) is 28.4. The van der Waals surface area contributed by atoms with E-state index in [1.165, 1.54) is 39.2 Å². The minimum absolute atomic E-state index is 0.198. The van der Waals surface area contributed by atoms with E-state index in [2.05, 4.69) is 75.1 Å². The number of rotatable bonds is 10. The quantitative estimate of drug-likeness (QED) is 0.269. The molecule has 242 valence electrons. The van der Waals surface area contributed by atoms with Crippen LogP contribution in [-0.4, -0.2) is 82.5 Å². The number of benzene rings is 2. The summed E-state index contributed by atoms with van der Waals surface area (Å²) in [6.07, 6.45) is 7.59. The van der Waals surface area contributed by atoms with Crippen LogP contribution < -0.4 is 4.90 Å². The topological polar surface area (TPSA) is 46.6 Å². The van der Waals surface area contributed by atoms with Gasteiger partial charge in [0.1, 0.15) is 0 Å². The fraction of sp³-hybridized carbons (Fsp3) is 0.500. The Kier molecular flexibility index (Phi) is 10.1. The molecule has 2 aromatic rings. The van der Waals surface area contributed by atoms with Crippen molar-refractivity contribution in [2.45, 2.75) is 44.9 Å². The van der Waals surface area contributed by atoms with Crippen LogP contribution in [0.15, 0.2) is 65.9 Å². The van der Waals surface area contributed by atoms with Gasteiger partial charge in [-0.3, -0.25) is 9.68 Å². The number of anilines is 1. The normalized spacial score (nSPS) is 22.5. The monoisotopic (exact) mass is 653 g/mol. The van der Waals surface area contributed by atoms with Crippen LogP contribution in [0.25, 0.3) is 5.57 Å². The summed E-state index contributed by atoms with van der Waals surface area (Å²) in [6, 6.07) is 12.5. The predicted octanol–water partition coefficient (Wildman–Crippen LogP) is 7.19. The third kappa shape index (κ3) is 6.92. The van der Waals surface area contributed by atoms with Gasteiger partial charge < -0.3 is 14.4 Å². The van der Waals surface area contributed by atoms with E-state index in [4.69, 9.17) is 42.4 Å². The highest BCUT2D eigenvalue weighted by Crippen LogP contribution is 2.50. The molecule has 0 unspecified atom stereocenters. The van der Waals surface area contributed by atoms with E-state index in [1.807, 2.05) is 22.3 Å². The third-order valence-corrected chi connectivity index (χ3v) is 9.97. The van der Waals surface area contributed by atoms with E-state index >= 15 is 0 Å². The van der Waals surface area contributed by atoms with Gasteiger partial charge in [-0.05, 0) is 70.7 Å². The number of hydrogen-bond donors (Lipinski definition) is 0. The van der Waals surface area contributed by atoms with Gasteiger partial charge in [0.25, 0.3) is 0 Å². The van der Waals surface area contributed by atoms with Gasteiger partial charge in [-0.15, -0.1) is 0 Å². The molecule has 0 radical (unpaired) electrons. The van der Waals surface area contributed by atoms with Gasteiger partial charge in [0.2, 0.25) is 0 Å². The van der Waals surface area contributed by atoms with Crippen molar-refractivity contribution in [3.63, 3.8) is 0 Å². The minimum Gasteiger partial charge on any atom is -0.379 e. The van der Waals surface area contributed by atoms with Crippen molar-refractivity contribution in [3.05, 3.63) is 92.6 Å². The van der Waals surface area contributed by atoms with Crippen LogP contribution in [0.2, 0.25) is 10.0 Å². The van der Waals surface area contributed by atoms with Crippen molar-refractivity contribution in [1.29, 1.82) is 0 Å². The van der Waals surface area contributed by atoms with Crippen molar-refractivity contribution >= 4 is 34.5 Å². The third-order valence-electron chi connectivity index (χ3n) is 9.50. The lowest BCUT2D eigenvalue weighted by Crippen LogP contribution is -2.38. The van der Waals surface area contributed by atoms with E-state index in [-0.39, 0.29) is 10.8 Å². The zero-order valence-electron chi connectivity index (χ0n) is 26.9. The first-order chi connectivity index (χ1) is 21.7. The van der Waals surface area contributed by atoms with Gasteiger partial charge in [-0.25, -0.2) is 0 Å². The number of ether oxygens (including phenoxy) is 2. The Labute approximate surface area is 277 Å². The molecule has 0 N–H and O–H groups in total. The summed E-state index contributed by atoms with van der Waals surface area (Å²) in [4.78, 5) is 14.7. The number of allylic oxidation sites excluding steroid dienone is 5. The Morgan fingerprint density at radius 3 is 2.04 bits per heavy atom. The molecule has 6 rings (SSSR count). The lowest BCUT2D eigenvalue weighted by atomic mass is 9.80. The Balaban J connectivity index is 1.28. The summed E-state index contributed by atoms with van der Waals surface area (Å²) >= 11 is 13.0. The van der Waals surface area contributed by atoms with E-state index in [9.17, 15) is 0 Å². The number of nitrogens with zero attached hydrogens (tertiary/aromatic N) is 3. The summed E-state index contributed by atoms with van der Waals surface area (Å²) in [5, 5.41) is 5.55. The Bertz CT molecular complexity index is 1470. The molecular weight excluding hydrogens is 609 g/mol. The summed E-state index contributed by atoms with van der Waals surface area (Å²) < 4.78 is 11.0. The first kappa shape index (κ1) is 32.7. The molecule has 2 fully saturated rings. The molecule has 0 spiro atoms. The number of morpholine rings is 2. The van der Waals surface area contributed by atoms with Crippen LogP contribution in [-0.2, 0) is 30.0 Å². The smallest absolute Gasteiger partial charge is 0.0864 e. The van der Waals surface area contributed by atoms with Crippen LogP contribution in [0.1, 0.15) is 50.8 Å². The maximum absolute atomic E-state index is 6.51. The first-order valence-electron chi connectivity index (χ1n) is 16.1. The Morgan fingerprint density at radius 1 is 0.778 bits per heavy atom. The summed E-state index contributed by atoms with van der Waals surface area (Å²) in [5.41, 5.74) is 8.32. The van der Waals surface area contributed by atoms with Gasteiger partial charge >= 0.3 is 0 Å². The van der Waals surface area contributed by atoms with Crippen LogP contribution in [0.3, 0.4) is 0 Å². The predicted molar refractivity (Wildman–Crippen MR) is 182 cm³/mol. The lowest BCUT2D eigenvalue weighted by molar-refractivity contribution is -0.192. The molecule has 9 heteroatoms. The Hall–Kier alpha value is -2.20. The van der Waals surface area contributed by atoms with Crippen LogP contribution in [0.5, 0.6) is 0 Å². The largest absolute Gasteiger partial charge is 0.379 e. The van der Waals surface area contributed by atoms with Crippen LogP contribution >= 0.6 is 23.2 Å². The Morgan fingerprint density at radius 2 is 1.38 bits per heavy atom. The molecule has 3 aliphatic heterocycles. The first-order valence-corrected chi connectivity index (χ1v) is 16.8. The second kappa shape index (κ2) is 13.9. The highest BCUT2D eigenvalue weighted by molar-refractivity contribution is 6.31. The second-order valence-electron chi connectivity index (χ2n) is 13.1. The van der Waals surface area contributed by atoms with E-state index in [0.29, 0.717) is 39.6 Å². The highest BCUT2D eigenvalue weighted by Gasteiger charge is 2.40. The minimum atomic E-state index is -0.228. The SMILES string of the molecule is CC1(C)C(C=CC=C2N(CCON3CCOCC3)c3ccc(Cl)cc3C2(C)C)=C(CCON2CCOCC2)c2ccc(Cl)cc21. The average molecular weight is 655 g/mol. The molecule has 1 aliphatic carbocycles. The van der Waals surface area contributed by atoms with Crippen molar-refractivity contribution in [2.75, 3.05) is 77.3 Å². The maximum atomic E-state index is 6.51. The molecule has 2 saturated heterocycles. The molecule has 4 aliphatic rings. The molecule has 0 aromatic heterocycles. The zero-order chi connectivity index (χ0) is 31.6. The standard InChI is InChI=1S/C36H45Cl2N3O4/c1-35(2)30(29(28-10-8-26(37)24-31(28)35)12-18-44-39-13-19-42-20-14-39)6-5-7-34-36(3,4)32-25-27(38)9-11-33(32)41(34)17-23-45-40-15-21-43-22-16-40/h5-11,24-25H,12-23H2,1-4H3. The molecule has 3 heterocycles. The fourth-order valence-corrected chi connectivity index (χ4v) is 7.40. The van der Waals surface area contributed by atoms with Gasteiger partial charge in [0.05, 0.1) is 39.6 Å². The molecule has 7 nitrogen and oxygen atoms in total. The molecule has 0 saturated carbocycles. The molecule has 0 bridgehead atoms. The van der Waals surface area contributed by atoms with Crippen LogP contribution in [0.4, 0.5) is 5.69 Å². The van der Waals surface area contributed by atoms with Gasteiger partial charge in [0.15, 0.2) is 0 Å². The molecule has 45 heavy (non-hydrogen) atoms. The second-order valence-corrected chi connectivity index (χ2v) is 13.9.